The van der Waals surface area contributed by atoms with Crippen LogP contribution in [0.1, 0.15) is 42.6 Å². The van der Waals surface area contributed by atoms with Gasteiger partial charge in [-0.05, 0) is 39.7 Å². The Bertz CT molecular complexity index is 662. The first-order valence-electron chi connectivity index (χ1n) is 7.79. The predicted molar refractivity (Wildman–Crippen MR) is 92.6 cm³/mol. The monoisotopic (exact) mass is 312 g/mol. The lowest BCUT2D eigenvalue weighted by Crippen LogP contribution is -2.41. The second-order valence-electron chi connectivity index (χ2n) is 6.55. The fraction of sp³-hybridized carbons (Fsp3) is 0.389. The summed E-state index contributed by atoms with van der Waals surface area (Å²) in [5, 5.41) is 6.18. The molecular formula is C18H24N4O. The van der Waals surface area contributed by atoms with Gasteiger partial charge in [-0.15, -0.1) is 0 Å². The third-order valence-electron chi connectivity index (χ3n) is 3.12. The molecule has 0 bridgehead atoms. The second kappa shape index (κ2) is 7.22. The minimum atomic E-state index is -0.295. The number of benzene rings is 1. The molecule has 0 aliphatic rings. The maximum Gasteiger partial charge on any atom is 0.270 e. The molecule has 5 heteroatoms. The third kappa shape index (κ3) is 5.70. The van der Waals surface area contributed by atoms with Crippen molar-refractivity contribution in [3.63, 3.8) is 0 Å². The van der Waals surface area contributed by atoms with Crippen LogP contribution >= 0.6 is 0 Å². The van der Waals surface area contributed by atoms with Gasteiger partial charge in [-0.3, -0.25) is 4.79 Å². The Hall–Kier alpha value is -2.43. The third-order valence-corrected chi connectivity index (χ3v) is 3.12. The van der Waals surface area contributed by atoms with E-state index in [0.717, 1.165) is 13.0 Å². The van der Waals surface area contributed by atoms with Gasteiger partial charge in [0.05, 0.1) is 0 Å². The van der Waals surface area contributed by atoms with Crippen molar-refractivity contribution >= 4 is 11.7 Å². The molecule has 2 rings (SSSR count). The largest absolute Gasteiger partial charge is 0.370 e. The highest BCUT2D eigenvalue weighted by molar-refractivity contribution is 5.93. The van der Waals surface area contributed by atoms with Gasteiger partial charge in [0, 0.05) is 18.2 Å². The molecule has 0 aliphatic heterocycles. The van der Waals surface area contributed by atoms with Gasteiger partial charge in [0.1, 0.15) is 17.3 Å². The molecule has 0 radical (unpaired) electrons. The number of nitrogens with one attached hydrogen (secondary N) is 2. The summed E-state index contributed by atoms with van der Waals surface area (Å²) in [5.74, 6) is 1.07. The van der Waals surface area contributed by atoms with E-state index < -0.39 is 0 Å². The first-order chi connectivity index (χ1) is 10.8. The lowest BCUT2D eigenvalue weighted by Gasteiger charge is -2.20. The Morgan fingerprint density at radius 3 is 2.48 bits per heavy atom. The van der Waals surface area contributed by atoms with Gasteiger partial charge in [0.15, 0.2) is 0 Å². The van der Waals surface area contributed by atoms with E-state index in [4.69, 9.17) is 0 Å². The number of aromatic nitrogens is 2. The summed E-state index contributed by atoms with van der Waals surface area (Å²) in [6.45, 7) is 8.37. The number of nitrogens with zero attached hydrogens (tertiary/aromatic N) is 2. The molecule has 1 aromatic carbocycles. The molecule has 2 N–H and O–H groups in total. The number of carbonyl (C=O) groups excluding carboxylic acids is 1. The maximum atomic E-state index is 12.2. The predicted octanol–water partition coefficient (Wildman–Crippen LogP) is 2.97. The van der Waals surface area contributed by atoms with Gasteiger partial charge in [0.2, 0.25) is 0 Å². The van der Waals surface area contributed by atoms with Gasteiger partial charge in [-0.2, -0.15) is 0 Å². The fourth-order valence-electron chi connectivity index (χ4n) is 2.16. The first-order valence-corrected chi connectivity index (χ1v) is 7.79. The van der Waals surface area contributed by atoms with Crippen LogP contribution in [-0.2, 0) is 6.42 Å². The Balaban J connectivity index is 2.01. The fourth-order valence-corrected chi connectivity index (χ4v) is 2.16. The van der Waals surface area contributed by atoms with E-state index in [2.05, 4.69) is 32.7 Å². The van der Waals surface area contributed by atoms with E-state index >= 15 is 0 Å². The van der Waals surface area contributed by atoms with E-state index in [0.29, 0.717) is 17.3 Å². The molecular weight excluding hydrogens is 288 g/mol. The molecule has 0 fully saturated rings. The molecule has 0 unspecified atom stereocenters. The summed E-state index contributed by atoms with van der Waals surface area (Å²) in [5.41, 5.74) is 1.35. The van der Waals surface area contributed by atoms with E-state index in [1.165, 1.54) is 5.56 Å². The van der Waals surface area contributed by atoms with Crippen LogP contribution in [-0.4, -0.2) is 28.0 Å². The SMILES string of the molecule is Cc1nc(NCCc2ccccc2)cc(C(=O)NC(C)(C)C)n1. The smallest absolute Gasteiger partial charge is 0.270 e. The zero-order valence-electron chi connectivity index (χ0n) is 14.2. The molecule has 0 saturated carbocycles. The minimum Gasteiger partial charge on any atom is -0.370 e. The molecule has 0 saturated heterocycles. The van der Waals surface area contributed by atoms with Crippen molar-refractivity contribution < 1.29 is 4.79 Å². The normalized spacial score (nSPS) is 11.1. The van der Waals surface area contributed by atoms with Crippen molar-refractivity contribution in [3.05, 3.63) is 53.5 Å². The molecule has 0 atom stereocenters. The Morgan fingerprint density at radius 1 is 1.13 bits per heavy atom. The van der Waals surface area contributed by atoms with Gasteiger partial charge < -0.3 is 10.6 Å². The molecule has 1 aromatic heterocycles. The van der Waals surface area contributed by atoms with Crippen LogP contribution in [0.15, 0.2) is 36.4 Å². The van der Waals surface area contributed by atoms with E-state index in [1.807, 2.05) is 39.0 Å². The van der Waals surface area contributed by atoms with Crippen molar-refractivity contribution in [3.8, 4) is 0 Å². The number of carbonyl (C=O) groups is 1. The molecule has 1 heterocycles. The summed E-state index contributed by atoms with van der Waals surface area (Å²) in [4.78, 5) is 20.8. The van der Waals surface area contributed by atoms with Crippen molar-refractivity contribution in [2.75, 3.05) is 11.9 Å². The number of hydrogen-bond acceptors (Lipinski definition) is 4. The van der Waals surface area contributed by atoms with Crippen LogP contribution in [0.4, 0.5) is 5.82 Å². The van der Waals surface area contributed by atoms with Crippen molar-refractivity contribution in [2.45, 2.75) is 39.7 Å². The van der Waals surface area contributed by atoms with Crippen LogP contribution in [0, 0.1) is 6.92 Å². The highest BCUT2D eigenvalue weighted by Crippen LogP contribution is 2.09. The van der Waals surface area contributed by atoms with Crippen molar-refractivity contribution in [1.82, 2.24) is 15.3 Å². The standard InChI is InChI=1S/C18H24N4O/c1-13-20-15(17(23)22-18(2,3)4)12-16(21-13)19-11-10-14-8-6-5-7-9-14/h5-9,12H,10-11H2,1-4H3,(H,22,23)(H,19,20,21). The highest BCUT2D eigenvalue weighted by atomic mass is 16.2. The van der Waals surface area contributed by atoms with E-state index in [9.17, 15) is 4.79 Å². The topological polar surface area (TPSA) is 66.9 Å². The number of rotatable bonds is 5. The van der Waals surface area contributed by atoms with Crippen LogP contribution in [0.3, 0.4) is 0 Å². The highest BCUT2D eigenvalue weighted by Gasteiger charge is 2.17. The number of amides is 1. The quantitative estimate of drug-likeness (QED) is 0.891. The molecule has 0 aliphatic carbocycles. The number of aryl methyl sites for hydroxylation is 1. The van der Waals surface area contributed by atoms with E-state index in [1.54, 1.807) is 13.0 Å². The van der Waals surface area contributed by atoms with Crippen LogP contribution in [0.2, 0.25) is 0 Å². The average Bonchev–Trinajstić information content (AvgIpc) is 2.46. The maximum absolute atomic E-state index is 12.2. The Kier molecular flexibility index (Phi) is 5.32. The second-order valence-corrected chi connectivity index (χ2v) is 6.55. The average molecular weight is 312 g/mol. The Labute approximate surface area is 137 Å². The Morgan fingerprint density at radius 2 is 1.83 bits per heavy atom. The van der Waals surface area contributed by atoms with Crippen LogP contribution in [0.25, 0.3) is 0 Å². The van der Waals surface area contributed by atoms with E-state index in [-0.39, 0.29) is 11.4 Å². The first kappa shape index (κ1) is 16.9. The number of hydrogen-bond donors (Lipinski definition) is 2. The molecule has 2 aromatic rings. The summed E-state index contributed by atoms with van der Waals surface area (Å²) in [6.07, 6.45) is 0.896. The lowest BCUT2D eigenvalue weighted by molar-refractivity contribution is 0.0914. The van der Waals surface area contributed by atoms with Crippen LogP contribution in [0.5, 0.6) is 0 Å². The van der Waals surface area contributed by atoms with Gasteiger partial charge >= 0.3 is 0 Å². The molecule has 1 amide bonds. The number of anilines is 1. The van der Waals surface area contributed by atoms with Gasteiger partial charge in [0.25, 0.3) is 5.91 Å². The van der Waals surface area contributed by atoms with Gasteiger partial charge in [-0.25, -0.2) is 9.97 Å². The zero-order valence-corrected chi connectivity index (χ0v) is 14.2. The molecule has 0 spiro atoms. The summed E-state index contributed by atoms with van der Waals surface area (Å²) in [7, 11) is 0. The van der Waals surface area contributed by atoms with Crippen molar-refractivity contribution in [2.24, 2.45) is 0 Å². The summed E-state index contributed by atoms with van der Waals surface area (Å²) in [6, 6.07) is 11.9. The minimum absolute atomic E-state index is 0.186. The van der Waals surface area contributed by atoms with Gasteiger partial charge in [-0.1, -0.05) is 30.3 Å². The van der Waals surface area contributed by atoms with Crippen LogP contribution < -0.4 is 10.6 Å². The summed E-state index contributed by atoms with van der Waals surface area (Å²) < 4.78 is 0. The molecule has 122 valence electrons. The lowest BCUT2D eigenvalue weighted by atomic mass is 10.1. The van der Waals surface area contributed by atoms with Crippen molar-refractivity contribution in [1.29, 1.82) is 0 Å². The molecule has 5 nitrogen and oxygen atoms in total. The summed E-state index contributed by atoms with van der Waals surface area (Å²) >= 11 is 0. The molecule has 23 heavy (non-hydrogen) atoms. The zero-order chi connectivity index (χ0) is 16.9.